The van der Waals surface area contributed by atoms with Crippen molar-refractivity contribution in [2.24, 2.45) is 0 Å². The SMILES string of the molecule is N#Cc1cc2cncn2c(Cl)n1. The topological polar surface area (TPSA) is 54.0 Å². The summed E-state index contributed by atoms with van der Waals surface area (Å²) in [5.41, 5.74) is 1.07. The van der Waals surface area contributed by atoms with E-state index in [2.05, 4.69) is 9.97 Å². The normalized spacial score (nSPS) is 10.0. The molecule has 5 heteroatoms. The van der Waals surface area contributed by atoms with E-state index in [9.17, 15) is 0 Å². The number of hydrogen-bond donors (Lipinski definition) is 0. The first-order valence-electron chi connectivity index (χ1n) is 3.20. The molecule has 0 aliphatic carbocycles. The lowest BCUT2D eigenvalue weighted by Crippen LogP contribution is -1.91. The summed E-state index contributed by atoms with van der Waals surface area (Å²) >= 11 is 5.74. The zero-order valence-electron chi connectivity index (χ0n) is 5.90. The van der Waals surface area contributed by atoms with E-state index in [-0.39, 0.29) is 5.28 Å². The fraction of sp³-hybridized carbons (Fsp3) is 0. The van der Waals surface area contributed by atoms with Crippen LogP contribution in [0.1, 0.15) is 5.69 Å². The van der Waals surface area contributed by atoms with Crippen LogP contribution in [-0.2, 0) is 0 Å². The molecule has 0 amide bonds. The molecule has 0 aromatic carbocycles. The number of aromatic nitrogens is 3. The van der Waals surface area contributed by atoms with E-state index in [0.717, 1.165) is 5.52 Å². The predicted octanol–water partition coefficient (Wildman–Crippen LogP) is 1.25. The summed E-state index contributed by atoms with van der Waals surface area (Å²) < 4.78 is 1.60. The van der Waals surface area contributed by atoms with Crippen LogP contribution in [-0.4, -0.2) is 14.4 Å². The van der Waals surface area contributed by atoms with Gasteiger partial charge in [0, 0.05) is 6.07 Å². The number of nitrogens with zero attached hydrogens (tertiary/aromatic N) is 4. The molecule has 0 bridgehead atoms. The fourth-order valence-electron chi connectivity index (χ4n) is 0.949. The van der Waals surface area contributed by atoms with Gasteiger partial charge in [-0.05, 0) is 11.6 Å². The molecule has 0 aliphatic rings. The highest BCUT2D eigenvalue weighted by Crippen LogP contribution is 2.10. The Morgan fingerprint density at radius 2 is 2.42 bits per heavy atom. The Hall–Kier alpha value is -1.60. The van der Waals surface area contributed by atoms with Crippen LogP contribution in [0.25, 0.3) is 5.52 Å². The molecule has 0 fully saturated rings. The molecule has 0 atom stereocenters. The second-order valence-electron chi connectivity index (χ2n) is 2.21. The van der Waals surface area contributed by atoms with Crippen LogP contribution in [0.3, 0.4) is 0 Å². The van der Waals surface area contributed by atoms with Crippen LogP contribution in [0.4, 0.5) is 0 Å². The third kappa shape index (κ3) is 0.917. The van der Waals surface area contributed by atoms with Crippen LogP contribution >= 0.6 is 11.6 Å². The Bertz CT molecular complexity index is 468. The summed E-state index contributed by atoms with van der Waals surface area (Å²) in [5, 5.41) is 8.81. The van der Waals surface area contributed by atoms with Crippen LogP contribution < -0.4 is 0 Å². The molecular formula is C7H3ClN4. The first kappa shape index (κ1) is 7.07. The van der Waals surface area contributed by atoms with Crippen molar-refractivity contribution in [2.75, 3.05) is 0 Å². The number of halogens is 1. The third-order valence-corrected chi connectivity index (χ3v) is 1.74. The molecule has 2 heterocycles. The standard InChI is InChI=1S/C7H3ClN4/c8-7-11-5(2-9)1-6-3-10-4-12(6)7/h1,3-4H. The van der Waals surface area contributed by atoms with Gasteiger partial charge in [-0.25, -0.2) is 9.97 Å². The maximum Gasteiger partial charge on any atom is 0.209 e. The van der Waals surface area contributed by atoms with E-state index in [1.54, 1.807) is 23.0 Å². The minimum Gasteiger partial charge on any atom is -0.274 e. The largest absolute Gasteiger partial charge is 0.274 e. The highest BCUT2D eigenvalue weighted by Gasteiger charge is 2.01. The molecule has 0 saturated carbocycles. The van der Waals surface area contributed by atoms with E-state index in [1.165, 1.54) is 0 Å². The van der Waals surface area contributed by atoms with Crippen LogP contribution in [0.15, 0.2) is 18.6 Å². The Morgan fingerprint density at radius 1 is 1.58 bits per heavy atom. The van der Waals surface area contributed by atoms with Gasteiger partial charge in [-0.2, -0.15) is 5.26 Å². The Balaban J connectivity index is 2.86. The highest BCUT2D eigenvalue weighted by molar-refractivity contribution is 6.28. The van der Waals surface area contributed by atoms with E-state index < -0.39 is 0 Å². The van der Waals surface area contributed by atoms with Gasteiger partial charge in [0.25, 0.3) is 0 Å². The van der Waals surface area contributed by atoms with Crippen molar-refractivity contribution in [1.82, 2.24) is 14.4 Å². The van der Waals surface area contributed by atoms with Gasteiger partial charge in [-0.15, -0.1) is 0 Å². The molecule has 0 aliphatic heterocycles. The van der Waals surface area contributed by atoms with Gasteiger partial charge in [-0.1, -0.05) is 0 Å². The van der Waals surface area contributed by atoms with E-state index in [4.69, 9.17) is 16.9 Å². The van der Waals surface area contributed by atoms with Gasteiger partial charge in [0.05, 0.1) is 11.7 Å². The third-order valence-electron chi connectivity index (χ3n) is 1.48. The number of rotatable bonds is 0. The quantitative estimate of drug-likeness (QED) is 0.571. The van der Waals surface area contributed by atoms with Crippen molar-refractivity contribution in [3.63, 3.8) is 0 Å². The van der Waals surface area contributed by atoms with Crippen molar-refractivity contribution in [2.45, 2.75) is 0 Å². The lowest BCUT2D eigenvalue weighted by Gasteiger charge is -1.95. The second kappa shape index (κ2) is 2.47. The lowest BCUT2D eigenvalue weighted by atomic mass is 10.4. The summed E-state index contributed by atoms with van der Waals surface area (Å²) in [7, 11) is 0. The highest BCUT2D eigenvalue weighted by atomic mass is 35.5. The molecule has 58 valence electrons. The molecular weight excluding hydrogens is 176 g/mol. The van der Waals surface area contributed by atoms with Crippen molar-refractivity contribution in [3.8, 4) is 6.07 Å². The van der Waals surface area contributed by atoms with Crippen molar-refractivity contribution >= 4 is 17.1 Å². The van der Waals surface area contributed by atoms with Crippen molar-refractivity contribution in [1.29, 1.82) is 5.26 Å². The molecule has 0 N–H and O–H groups in total. The summed E-state index contributed by atoms with van der Waals surface area (Å²) in [6, 6.07) is 3.54. The van der Waals surface area contributed by atoms with E-state index >= 15 is 0 Å². The van der Waals surface area contributed by atoms with Crippen molar-refractivity contribution < 1.29 is 0 Å². The zero-order chi connectivity index (χ0) is 8.55. The van der Waals surface area contributed by atoms with Gasteiger partial charge in [-0.3, -0.25) is 4.40 Å². The second-order valence-corrected chi connectivity index (χ2v) is 2.55. The number of imidazole rings is 1. The first-order valence-corrected chi connectivity index (χ1v) is 3.58. The average molecular weight is 179 g/mol. The molecule has 0 spiro atoms. The van der Waals surface area contributed by atoms with Gasteiger partial charge in [0.1, 0.15) is 18.1 Å². The molecule has 2 aromatic heterocycles. The summed E-state index contributed by atoms with van der Waals surface area (Å²) in [4.78, 5) is 7.69. The maximum atomic E-state index is 8.56. The molecule has 12 heavy (non-hydrogen) atoms. The molecule has 4 nitrogen and oxygen atoms in total. The zero-order valence-corrected chi connectivity index (χ0v) is 6.65. The molecule has 2 aromatic rings. The van der Waals surface area contributed by atoms with Gasteiger partial charge in [0.2, 0.25) is 5.28 Å². The first-order chi connectivity index (χ1) is 5.81. The number of hydrogen-bond acceptors (Lipinski definition) is 3. The van der Waals surface area contributed by atoms with Gasteiger partial charge in [0.15, 0.2) is 0 Å². The number of fused-ring (bicyclic) bond motifs is 1. The Kier molecular flexibility index (Phi) is 1.45. The lowest BCUT2D eigenvalue weighted by molar-refractivity contribution is 1.06. The average Bonchev–Trinajstić information content (AvgIpc) is 2.52. The maximum absolute atomic E-state index is 8.56. The van der Waals surface area contributed by atoms with E-state index in [1.807, 2.05) is 6.07 Å². The minimum atomic E-state index is 0.251. The predicted molar refractivity (Wildman–Crippen MR) is 42.7 cm³/mol. The van der Waals surface area contributed by atoms with Crippen LogP contribution in [0.2, 0.25) is 5.28 Å². The van der Waals surface area contributed by atoms with Gasteiger partial charge < -0.3 is 0 Å². The Morgan fingerprint density at radius 3 is 3.17 bits per heavy atom. The monoisotopic (exact) mass is 178 g/mol. The Labute approximate surface area is 73.0 Å². The molecule has 2 rings (SSSR count). The summed E-state index contributed by atoms with van der Waals surface area (Å²) in [6.07, 6.45) is 3.17. The summed E-state index contributed by atoms with van der Waals surface area (Å²) in [5.74, 6) is 0. The molecule has 0 unspecified atom stereocenters. The van der Waals surface area contributed by atoms with Gasteiger partial charge >= 0.3 is 0 Å². The fourth-order valence-corrected chi connectivity index (χ4v) is 1.18. The summed E-state index contributed by atoms with van der Waals surface area (Å²) in [6.45, 7) is 0. The molecule has 0 radical (unpaired) electrons. The van der Waals surface area contributed by atoms with E-state index in [0.29, 0.717) is 5.69 Å². The number of nitriles is 1. The minimum absolute atomic E-state index is 0.251. The van der Waals surface area contributed by atoms with Crippen LogP contribution in [0, 0.1) is 11.3 Å². The smallest absolute Gasteiger partial charge is 0.209 e. The van der Waals surface area contributed by atoms with Crippen LogP contribution in [0.5, 0.6) is 0 Å². The molecule has 0 saturated heterocycles. The van der Waals surface area contributed by atoms with Crippen molar-refractivity contribution in [3.05, 3.63) is 29.6 Å².